The third-order valence-electron chi connectivity index (χ3n) is 2.54. The SMILES string of the molecule is CC(C)NC(=O)NC(=O)COC(=O)CNC(=O)c1ccc(Br)cc1. The first-order valence-electron chi connectivity index (χ1n) is 7.07. The molecule has 0 atom stereocenters. The summed E-state index contributed by atoms with van der Waals surface area (Å²) in [5.41, 5.74) is 0.383. The van der Waals surface area contributed by atoms with Gasteiger partial charge in [0.2, 0.25) is 0 Å². The fraction of sp³-hybridized carbons (Fsp3) is 0.333. The molecular weight excluding hydrogens is 382 g/mol. The summed E-state index contributed by atoms with van der Waals surface area (Å²) in [6, 6.07) is 5.76. The number of hydrogen-bond acceptors (Lipinski definition) is 5. The third-order valence-corrected chi connectivity index (χ3v) is 3.07. The number of hydrogen-bond donors (Lipinski definition) is 3. The van der Waals surface area contributed by atoms with Gasteiger partial charge < -0.3 is 15.4 Å². The number of amides is 4. The van der Waals surface area contributed by atoms with Gasteiger partial charge in [-0.3, -0.25) is 19.7 Å². The van der Waals surface area contributed by atoms with Crippen LogP contribution in [0.3, 0.4) is 0 Å². The van der Waals surface area contributed by atoms with E-state index in [0.29, 0.717) is 5.56 Å². The Bertz CT molecular complexity index is 616. The fourth-order valence-electron chi connectivity index (χ4n) is 1.51. The second kappa shape index (κ2) is 9.66. The van der Waals surface area contributed by atoms with Gasteiger partial charge in [-0.05, 0) is 38.1 Å². The zero-order valence-electron chi connectivity index (χ0n) is 13.2. The Kier molecular flexibility index (Phi) is 7.90. The predicted molar refractivity (Wildman–Crippen MR) is 89.2 cm³/mol. The summed E-state index contributed by atoms with van der Waals surface area (Å²) >= 11 is 3.25. The van der Waals surface area contributed by atoms with Gasteiger partial charge in [0, 0.05) is 16.1 Å². The van der Waals surface area contributed by atoms with Crippen LogP contribution >= 0.6 is 15.9 Å². The van der Waals surface area contributed by atoms with Crippen LogP contribution in [-0.2, 0) is 14.3 Å². The number of nitrogens with one attached hydrogen (secondary N) is 3. The minimum atomic E-state index is -0.792. The Hall–Kier alpha value is -2.42. The molecule has 130 valence electrons. The average Bonchev–Trinajstić information content (AvgIpc) is 2.50. The minimum Gasteiger partial charge on any atom is -0.454 e. The van der Waals surface area contributed by atoms with Crippen molar-refractivity contribution in [2.75, 3.05) is 13.2 Å². The number of halogens is 1. The molecular formula is C15H18BrN3O5. The standard InChI is InChI=1S/C15H18BrN3O5/c1-9(2)18-15(23)19-12(20)8-24-13(21)7-17-14(22)10-3-5-11(16)6-4-10/h3-6,9H,7-8H2,1-2H3,(H,17,22)(H2,18,19,20,23). The first-order chi connectivity index (χ1) is 11.3. The molecule has 0 unspecified atom stereocenters. The molecule has 1 aromatic rings. The van der Waals surface area contributed by atoms with Crippen molar-refractivity contribution in [3.05, 3.63) is 34.3 Å². The second-order valence-electron chi connectivity index (χ2n) is 5.03. The molecule has 0 saturated carbocycles. The Morgan fingerprint density at radius 1 is 1.12 bits per heavy atom. The Balaban J connectivity index is 2.28. The number of rotatable bonds is 6. The van der Waals surface area contributed by atoms with Gasteiger partial charge in [-0.15, -0.1) is 0 Å². The Morgan fingerprint density at radius 3 is 2.33 bits per heavy atom. The lowest BCUT2D eigenvalue weighted by Crippen LogP contribution is -2.44. The molecule has 0 aliphatic heterocycles. The molecule has 8 nitrogen and oxygen atoms in total. The van der Waals surface area contributed by atoms with E-state index in [-0.39, 0.29) is 12.6 Å². The summed E-state index contributed by atoms with van der Waals surface area (Å²) in [6.07, 6.45) is 0. The van der Waals surface area contributed by atoms with Gasteiger partial charge in [0.15, 0.2) is 6.61 Å². The molecule has 1 rings (SSSR count). The maximum absolute atomic E-state index is 11.8. The van der Waals surface area contributed by atoms with E-state index in [1.165, 1.54) is 0 Å². The molecule has 0 saturated heterocycles. The van der Waals surface area contributed by atoms with Gasteiger partial charge in [-0.25, -0.2) is 4.79 Å². The Morgan fingerprint density at radius 2 is 1.75 bits per heavy atom. The molecule has 0 fully saturated rings. The number of benzene rings is 1. The molecule has 0 spiro atoms. The van der Waals surface area contributed by atoms with Crippen LogP contribution in [0.2, 0.25) is 0 Å². The monoisotopic (exact) mass is 399 g/mol. The lowest BCUT2D eigenvalue weighted by molar-refractivity contribution is -0.147. The molecule has 3 N–H and O–H groups in total. The van der Waals surface area contributed by atoms with Gasteiger partial charge in [0.1, 0.15) is 6.54 Å². The van der Waals surface area contributed by atoms with Crippen molar-refractivity contribution in [3.63, 3.8) is 0 Å². The Labute approximate surface area is 147 Å². The van der Waals surface area contributed by atoms with Gasteiger partial charge in [0.25, 0.3) is 11.8 Å². The van der Waals surface area contributed by atoms with E-state index in [0.717, 1.165) is 4.47 Å². The maximum Gasteiger partial charge on any atom is 0.325 e. The molecule has 1 aromatic carbocycles. The van der Waals surface area contributed by atoms with E-state index in [4.69, 9.17) is 0 Å². The lowest BCUT2D eigenvalue weighted by Gasteiger charge is -2.09. The van der Waals surface area contributed by atoms with Crippen molar-refractivity contribution in [1.29, 1.82) is 0 Å². The zero-order valence-corrected chi connectivity index (χ0v) is 14.8. The van der Waals surface area contributed by atoms with Crippen LogP contribution < -0.4 is 16.0 Å². The summed E-state index contributed by atoms with van der Waals surface area (Å²) in [4.78, 5) is 45.9. The van der Waals surface area contributed by atoms with Crippen molar-refractivity contribution in [3.8, 4) is 0 Å². The van der Waals surface area contributed by atoms with Crippen LogP contribution in [0, 0.1) is 0 Å². The van der Waals surface area contributed by atoms with Crippen LogP contribution in [0.1, 0.15) is 24.2 Å². The topological polar surface area (TPSA) is 114 Å². The number of urea groups is 1. The van der Waals surface area contributed by atoms with E-state index in [2.05, 4.69) is 31.3 Å². The molecule has 0 heterocycles. The summed E-state index contributed by atoms with van der Waals surface area (Å²) in [6.45, 7) is 2.47. The van der Waals surface area contributed by atoms with E-state index >= 15 is 0 Å². The quantitative estimate of drug-likeness (QED) is 0.616. The number of carbonyl (C=O) groups excluding carboxylic acids is 4. The van der Waals surface area contributed by atoms with Gasteiger partial charge in [0.05, 0.1) is 0 Å². The van der Waals surface area contributed by atoms with Gasteiger partial charge in [-0.1, -0.05) is 15.9 Å². The average molecular weight is 400 g/mol. The van der Waals surface area contributed by atoms with Crippen molar-refractivity contribution in [2.45, 2.75) is 19.9 Å². The van der Waals surface area contributed by atoms with Crippen LogP contribution in [0.15, 0.2) is 28.7 Å². The molecule has 0 aliphatic carbocycles. The number of ether oxygens (including phenoxy) is 1. The maximum atomic E-state index is 11.8. The minimum absolute atomic E-state index is 0.130. The van der Waals surface area contributed by atoms with E-state index < -0.39 is 30.4 Å². The van der Waals surface area contributed by atoms with E-state index in [9.17, 15) is 19.2 Å². The zero-order chi connectivity index (χ0) is 18.1. The van der Waals surface area contributed by atoms with Crippen LogP contribution in [0.25, 0.3) is 0 Å². The summed E-state index contributed by atoms with van der Waals surface area (Å²) in [7, 11) is 0. The summed E-state index contributed by atoms with van der Waals surface area (Å²) in [5, 5.41) is 6.83. The third kappa shape index (κ3) is 7.73. The van der Waals surface area contributed by atoms with Crippen LogP contribution in [-0.4, -0.2) is 43.0 Å². The summed E-state index contributed by atoms with van der Waals surface area (Å²) < 4.78 is 5.49. The number of carbonyl (C=O) groups is 4. The highest BCUT2D eigenvalue weighted by Gasteiger charge is 2.13. The smallest absolute Gasteiger partial charge is 0.325 e. The molecule has 0 aliphatic rings. The van der Waals surface area contributed by atoms with Crippen LogP contribution in [0.4, 0.5) is 4.79 Å². The van der Waals surface area contributed by atoms with E-state index in [1.807, 2.05) is 5.32 Å². The first kappa shape index (κ1) is 19.6. The van der Waals surface area contributed by atoms with Crippen molar-refractivity contribution in [1.82, 2.24) is 16.0 Å². The van der Waals surface area contributed by atoms with E-state index in [1.54, 1.807) is 38.1 Å². The molecule has 0 aromatic heterocycles. The molecule has 4 amide bonds. The highest BCUT2D eigenvalue weighted by Crippen LogP contribution is 2.10. The fourth-order valence-corrected chi connectivity index (χ4v) is 1.78. The van der Waals surface area contributed by atoms with Gasteiger partial charge >= 0.3 is 12.0 Å². The van der Waals surface area contributed by atoms with Gasteiger partial charge in [-0.2, -0.15) is 0 Å². The molecule has 0 radical (unpaired) electrons. The molecule has 24 heavy (non-hydrogen) atoms. The van der Waals surface area contributed by atoms with Crippen molar-refractivity contribution in [2.24, 2.45) is 0 Å². The highest BCUT2D eigenvalue weighted by atomic mass is 79.9. The van der Waals surface area contributed by atoms with Crippen molar-refractivity contribution >= 4 is 39.7 Å². The largest absolute Gasteiger partial charge is 0.454 e. The number of esters is 1. The lowest BCUT2D eigenvalue weighted by atomic mass is 10.2. The first-order valence-corrected chi connectivity index (χ1v) is 7.87. The van der Waals surface area contributed by atoms with Crippen molar-refractivity contribution < 1.29 is 23.9 Å². The predicted octanol–water partition coefficient (Wildman–Crippen LogP) is 0.956. The molecule has 9 heteroatoms. The second-order valence-corrected chi connectivity index (χ2v) is 5.94. The number of imide groups is 1. The van der Waals surface area contributed by atoms with Crippen LogP contribution in [0.5, 0.6) is 0 Å². The normalized spacial score (nSPS) is 10.0. The summed E-state index contributed by atoms with van der Waals surface area (Å²) in [5.74, 6) is -2.00. The molecule has 0 bridgehead atoms. The highest BCUT2D eigenvalue weighted by molar-refractivity contribution is 9.10.